The van der Waals surface area contributed by atoms with Crippen molar-refractivity contribution >= 4 is 42.6 Å². The summed E-state index contributed by atoms with van der Waals surface area (Å²) in [5.74, 6) is 0.462. The zero-order valence-electron chi connectivity index (χ0n) is 24.1. The third-order valence-corrected chi connectivity index (χ3v) is 9.95. The summed E-state index contributed by atoms with van der Waals surface area (Å²) in [6.07, 6.45) is 0. The molecule has 0 saturated carbocycles. The van der Waals surface area contributed by atoms with E-state index in [2.05, 4.69) is 18.7 Å². The van der Waals surface area contributed by atoms with Gasteiger partial charge in [0.1, 0.15) is 11.3 Å². The number of ether oxygens (including phenoxy) is 1. The first kappa shape index (κ1) is 30.6. The monoisotopic (exact) mass is 594 g/mol. The van der Waals surface area contributed by atoms with Crippen molar-refractivity contribution < 1.29 is 17.9 Å². The highest BCUT2D eigenvalue weighted by Crippen LogP contribution is 2.35. The van der Waals surface area contributed by atoms with E-state index in [1.54, 1.807) is 17.0 Å². The maximum absolute atomic E-state index is 13.9. The maximum atomic E-state index is 13.9. The van der Waals surface area contributed by atoms with Crippen LogP contribution in [0.5, 0.6) is 5.75 Å². The van der Waals surface area contributed by atoms with E-state index >= 15 is 0 Å². The van der Waals surface area contributed by atoms with Crippen molar-refractivity contribution in [1.82, 2.24) is 14.2 Å². The summed E-state index contributed by atoms with van der Waals surface area (Å²) in [4.78, 5) is 22.8. The number of hydrogen-bond acceptors (Lipinski definition) is 7. The van der Waals surface area contributed by atoms with E-state index in [0.717, 1.165) is 28.9 Å². The lowest BCUT2D eigenvalue weighted by atomic mass is 10.2. The van der Waals surface area contributed by atoms with Gasteiger partial charge in [-0.1, -0.05) is 68.5 Å². The molecule has 0 atom stereocenters. The topological polar surface area (TPSA) is 83.0 Å². The van der Waals surface area contributed by atoms with Crippen LogP contribution in [0.15, 0.2) is 77.7 Å². The third-order valence-electron chi connectivity index (χ3n) is 6.97. The number of nitrogens with zero attached hydrogens (tertiary/aromatic N) is 4. The smallest absolute Gasteiger partial charge is 0.260 e. The second-order valence-corrected chi connectivity index (χ2v) is 12.4. The van der Waals surface area contributed by atoms with Crippen molar-refractivity contribution in [2.24, 2.45) is 0 Å². The van der Waals surface area contributed by atoms with Gasteiger partial charge in [-0.15, -0.1) is 0 Å². The van der Waals surface area contributed by atoms with Crippen LogP contribution >= 0.6 is 11.3 Å². The zero-order valence-corrected chi connectivity index (χ0v) is 25.7. The first-order valence-electron chi connectivity index (χ1n) is 14.0. The van der Waals surface area contributed by atoms with Crippen molar-refractivity contribution in [3.05, 3.63) is 83.9 Å². The number of rotatable bonds is 14. The lowest BCUT2D eigenvalue weighted by Crippen LogP contribution is -2.39. The average molecular weight is 595 g/mol. The minimum absolute atomic E-state index is 0.155. The Morgan fingerprint density at radius 1 is 0.854 bits per heavy atom. The fraction of sp³-hybridized carbons (Fsp3) is 0.355. The molecule has 0 aliphatic carbocycles. The highest BCUT2D eigenvalue weighted by molar-refractivity contribution is 7.89. The van der Waals surface area contributed by atoms with Crippen LogP contribution in [-0.4, -0.2) is 67.8 Å². The Labute approximate surface area is 247 Å². The molecule has 0 radical (unpaired) electrons. The first-order chi connectivity index (χ1) is 19.8. The van der Waals surface area contributed by atoms with Gasteiger partial charge in [0.25, 0.3) is 5.91 Å². The van der Waals surface area contributed by atoms with Crippen LogP contribution in [-0.2, 0) is 16.6 Å². The van der Waals surface area contributed by atoms with Crippen molar-refractivity contribution in [2.45, 2.75) is 39.1 Å². The van der Waals surface area contributed by atoms with Crippen molar-refractivity contribution in [3.8, 4) is 5.75 Å². The van der Waals surface area contributed by atoms with Gasteiger partial charge < -0.3 is 9.64 Å². The first-order valence-corrected chi connectivity index (χ1v) is 16.3. The Hall–Kier alpha value is -3.31. The average Bonchev–Trinajstić information content (AvgIpc) is 3.43. The predicted molar refractivity (Wildman–Crippen MR) is 166 cm³/mol. The number of benzene rings is 3. The van der Waals surface area contributed by atoms with Crippen molar-refractivity contribution in [1.29, 1.82) is 0 Å². The number of fused-ring (bicyclic) bond motifs is 1. The molecule has 0 bridgehead atoms. The molecule has 1 heterocycles. The van der Waals surface area contributed by atoms with Crippen LogP contribution in [0.25, 0.3) is 10.2 Å². The number of para-hydroxylation sites is 1. The zero-order chi connectivity index (χ0) is 29.4. The molecule has 218 valence electrons. The maximum Gasteiger partial charge on any atom is 0.260 e. The number of carbonyl (C=O) groups excluding carboxylic acids is 1. The second kappa shape index (κ2) is 14.0. The molecular formula is C31H38N4O4S2. The Morgan fingerprint density at radius 2 is 1.56 bits per heavy atom. The van der Waals surface area contributed by atoms with E-state index in [1.807, 2.05) is 62.4 Å². The van der Waals surface area contributed by atoms with Crippen LogP contribution in [0, 0.1) is 0 Å². The van der Waals surface area contributed by atoms with E-state index in [9.17, 15) is 13.2 Å². The van der Waals surface area contributed by atoms with Gasteiger partial charge in [-0.3, -0.25) is 9.69 Å². The normalized spacial score (nSPS) is 11.9. The molecule has 1 amide bonds. The number of hydrogen-bond donors (Lipinski definition) is 0. The molecule has 41 heavy (non-hydrogen) atoms. The summed E-state index contributed by atoms with van der Waals surface area (Å²) < 4.78 is 35.0. The van der Waals surface area contributed by atoms with Gasteiger partial charge in [-0.25, -0.2) is 13.4 Å². The van der Waals surface area contributed by atoms with Crippen LogP contribution < -0.4 is 9.64 Å². The van der Waals surface area contributed by atoms with Gasteiger partial charge >= 0.3 is 0 Å². The van der Waals surface area contributed by atoms with Crippen LogP contribution in [0.3, 0.4) is 0 Å². The van der Waals surface area contributed by atoms with Gasteiger partial charge in [-0.2, -0.15) is 4.31 Å². The quantitative estimate of drug-likeness (QED) is 0.181. The molecule has 0 aliphatic rings. The Bertz CT molecular complexity index is 1540. The highest BCUT2D eigenvalue weighted by Gasteiger charge is 2.26. The number of anilines is 1. The molecule has 4 rings (SSSR count). The van der Waals surface area contributed by atoms with E-state index in [1.165, 1.54) is 27.8 Å². The van der Waals surface area contributed by atoms with Gasteiger partial charge in [0.2, 0.25) is 10.0 Å². The number of sulfonamides is 1. The number of carbonyl (C=O) groups is 1. The SMILES string of the molecule is CCOc1cccc2sc(N(CCN(CC)CC)C(=O)c3ccc(S(=O)(=O)N(CC)Cc4ccccc4)cc3)nc12. The molecular weight excluding hydrogens is 556 g/mol. The molecule has 3 aromatic carbocycles. The number of aromatic nitrogens is 1. The van der Waals surface area contributed by atoms with E-state index in [4.69, 9.17) is 9.72 Å². The Kier molecular flexibility index (Phi) is 10.5. The number of thiazole rings is 1. The fourth-order valence-corrected chi connectivity index (χ4v) is 7.04. The van der Waals surface area contributed by atoms with Gasteiger partial charge in [-0.05, 0) is 62.0 Å². The number of amides is 1. The number of likely N-dealkylation sites (N-methyl/N-ethyl adjacent to an activating group) is 1. The van der Waals surface area contributed by atoms with Gasteiger partial charge in [0.15, 0.2) is 5.13 Å². The summed E-state index contributed by atoms with van der Waals surface area (Å²) in [7, 11) is -3.74. The minimum Gasteiger partial charge on any atom is -0.492 e. The lowest BCUT2D eigenvalue weighted by molar-refractivity contribution is 0.0983. The fourth-order valence-electron chi connectivity index (χ4n) is 4.59. The van der Waals surface area contributed by atoms with Crippen LogP contribution in [0.2, 0.25) is 0 Å². The third kappa shape index (κ3) is 7.13. The molecule has 0 N–H and O–H groups in total. The second-order valence-electron chi connectivity index (χ2n) is 9.46. The standard InChI is InChI=1S/C31H38N4O4S2/c1-5-33(6-2)21-22-35(31-32-29-27(39-8-4)15-12-16-28(29)40-31)30(36)25-17-19-26(20-18-25)41(37,38)34(7-3)23-24-13-10-9-11-14-24/h9-20H,5-8,21-23H2,1-4H3. The summed E-state index contributed by atoms with van der Waals surface area (Å²) >= 11 is 1.44. The van der Waals surface area contributed by atoms with E-state index in [-0.39, 0.29) is 17.3 Å². The minimum atomic E-state index is -3.74. The van der Waals surface area contributed by atoms with Crippen LogP contribution in [0.4, 0.5) is 5.13 Å². The predicted octanol–water partition coefficient (Wildman–Crippen LogP) is 5.89. The molecule has 0 unspecified atom stereocenters. The molecule has 8 nitrogen and oxygen atoms in total. The summed E-state index contributed by atoms with van der Waals surface area (Å²) in [5.41, 5.74) is 2.05. The van der Waals surface area contributed by atoms with E-state index in [0.29, 0.717) is 42.7 Å². The van der Waals surface area contributed by atoms with Gasteiger partial charge in [0.05, 0.1) is 16.2 Å². The molecule has 0 spiro atoms. The van der Waals surface area contributed by atoms with Gasteiger partial charge in [0, 0.05) is 31.7 Å². The Morgan fingerprint density at radius 3 is 2.20 bits per heavy atom. The molecule has 4 aromatic rings. The highest BCUT2D eigenvalue weighted by atomic mass is 32.2. The molecule has 10 heteroatoms. The summed E-state index contributed by atoms with van der Waals surface area (Å²) in [6, 6.07) is 21.5. The van der Waals surface area contributed by atoms with Crippen molar-refractivity contribution in [2.75, 3.05) is 44.2 Å². The van der Waals surface area contributed by atoms with Crippen LogP contribution in [0.1, 0.15) is 43.6 Å². The summed E-state index contributed by atoms with van der Waals surface area (Å²) in [6.45, 7) is 11.9. The molecule has 0 aliphatic heterocycles. The Balaban J connectivity index is 1.63. The summed E-state index contributed by atoms with van der Waals surface area (Å²) in [5, 5.41) is 0.584. The molecule has 0 fully saturated rings. The lowest BCUT2D eigenvalue weighted by Gasteiger charge is -2.25. The molecule has 0 saturated heterocycles. The molecule has 1 aromatic heterocycles. The van der Waals surface area contributed by atoms with Crippen molar-refractivity contribution in [3.63, 3.8) is 0 Å². The largest absolute Gasteiger partial charge is 0.492 e. The van der Waals surface area contributed by atoms with E-state index < -0.39 is 10.0 Å².